The molecule has 1 atom stereocenters. The summed E-state index contributed by atoms with van der Waals surface area (Å²) in [5, 5.41) is 14.1. The van der Waals surface area contributed by atoms with E-state index in [1.54, 1.807) is 13.3 Å². The third-order valence-corrected chi connectivity index (χ3v) is 2.35. The summed E-state index contributed by atoms with van der Waals surface area (Å²) in [6.07, 6.45) is 3.94. The van der Waals surface area contributed by atoms with Crippen LogP contribution in [0.1, 0.15) is 38.0 Å². The van der Waals surface area contributed by atoms with Crippen LogP contribution in [0.15, 0.2) is 12.3 Å². The molecule has 1 N–H and O–H groups in total. The Bertz CT molecular complexity index is 273. The zero-order valence-electron chi connectivity index (χ0n) is 9.52. The van der Waals surface area contributed by atoms with Gasteiger partial charge in [0.15, 0.2) is 0 Å². The molecule has 0 aromatic carbocycles. The molecule has 0 aliphatic rings. The number of rotatable bonds is 7. The lowest BCUT2D eigenvalue weighted by molar-refractivity contribution is 0.129. The van der Waals surface area contributed by atoms with Crippen molar-refractivity contribution in [3.8, 4) is 0 Å². The van der Waals surface area contributed by atoms with Gasteiger partial charge in [-0.25, -0.2) is 0 Å². The Labute approximate surface area is 90.9 Å². The molecule has 1 unspecified atom stereocenters. The molecular formula is C11H20N2O2. The molecule has 1 aromatic rings. The molecule has 0 fully saturated rings. The lowest BCUT2D eigenvalue weighted by atomic mass is 10.1. The zero-order chi connectivity index (χ0) is 11.1. The Morgan fingerprint density at radius 3 is 3.07 bits per heavy atom. The lowest BCUT2D eigenvalue weighted by Crippen LogP contribution is -2.09. The van der Waals surface area contributed by atoms with E-state index in [4.69, 9.17) is 4.74 Å². The topological polar surface area (TPSA) is 47.3 Å². The van der Waals surface area contributed by atoms with Crippen molar-refractivity contribution >= 4 is 0 Å². The molecule has 0 aliphatic heterocycles. The molecule has 0 bridgehead atoms. The summed E-state index contributed by atoms with van der Waals surface area (Å²) in [5.41, 5.74) is 0.910. The second-order valence-electron chi connectivity index (χ2n) is 3.63. The Kier molecular flexibility index (Phi) is 5.36. The molecule has 0 aliphatic carbocycles. The second kappa shape index (κ2) is 6.58. The molecule has 1 heterocycles. The van der Waals surface area contributed by atoms with E-state index in [9.17, 15) is 5.11 Å². The highest BCUT2D eigenvalue weighted by atomic mass is 16.5. The van der Waals surface area contributed by atoms with Crippen LogP contribution in [0.3, 0.4) is 0 Å². The van der Waals surface area contributed by atoms with Crippen LogP contribution >= 0.6 is 0 Å². The van der Waals surface area contributed by atoms with Gasteiger partial charge in [-0.15, -0.1) is 0 Å². The van der Waals surface area contributed by atoms with Crippen LogP contribution in [0.2, 0.25) is 0 Å². The first kappa shape index (κ1) is 12.2. The number of hydrogen-bond donors (Lipinski definition) is 1. The van der Waals surface area contributed by atoms with Crippen molar-refractivity contribution in [3.05, 3.63) is 18.0 Å². The first-order valence-electron chi connectivity index (χ1n) is 5.48. The zero-order valence-corrected chi connectivity index (χ0v) is 9.52. The molecule has 1 rings (SSSR count). The van der Waals surface area contributed by atoms with Crippen LogP contribution < -0.4 is 0 Å². The molecule has 0 saturated carbocycles. The maximum absolute atomic E-state index is 9.93. The summed E-state index contributed by atoms with van der Waals surface area (Å²) in [6.45, 7) is 3.66. The highest BCUT2D eigenvalue weighted by molar-refractivity contribution is 5.04. The number of hydrogen-bond acceptors (Lipinski definition) is 3. The van der Waals surface area contributed by atoms with Gasteiger partial charge in [-0.2, -0.15) is 5.10 Å². The highest BCUT2D eigenvalue weighted by Crippen LogP contribution is 2.17. The predicted octanol–water partition coefficient (Wildman–Crippen LogP) is 1.75. The quantitative estimate of drug-likeness (QED) is 0.700. The van der Waals surface area contributed by atoms with E-state index in [0.717, 1.165) is 31.5 Å². The van der Waals surface area contributed by atoms with Crippen molar-refractivity contribution in [2.24, 2.45) is 0 Å². The van der Waals surface area contributed by atoms with Crippen molar-refractivity contribution in [1.82, 2.24) is 9.78 Å². The van der Waals surface area contributed by atoms with Gasteiger partial charge >= 0.3 is 0 Å². The molecule has 0 saturated heterocycles. The number of aliphatic hydroxyl groups excluding tert-OH is 1. The Balaban J connectivity index is 2.48. The third-order valence-electron chi connectivity index (χ3n) is 2.35. The molecule has 4 heteroatoms. The van der Waals surface area contributed by atoms with Gasteiger partial charge in [0.1, 0.15) is 0 Å². The van der Waals surface area contributed by atoms with Crippen molar-refractivity contribution in [3.63, 3.8) is 0 Å². The number of aliphatic hydroxyl groups is 1. The molecule has 86 valence electrons. The maximum atomic E-state index is 9.93. The molecule has 4 nitrogen and oxygen atoms in total. The monoisotopic (exact) mass is 212 g/mol. The van der Waals surface area contributed by atoms with Gasteiger partial charge in [0.2, 0.25) is 0 Å². The smallest absolute Gasteiger partial charge is 0.0957 e. The van der Waals surface area contributed by atoms with Gasteiger partial charge in [0.25, 0.3) is 0 Å². The molecule has 0 amide bonds. The fraction of sp³-hybridized carbons (Fsp3) is 0.727. The fourth-order valence-corrected chi connectivity index (χ4v) is 1.59. The van der Waals surface area contributed by atoms with E-state index >= 15 is 0 Å². The average Bonchev–Trinajstić information content (AvgIpc) is 2.67. The summed E-state index contributed by atoms with van der Waals surface area (Å²) in [6, 6.07) is 1.88. The molecule has 15 heavy (non-hydrogen) atoms. The van der Waals surface area contributed by atoms with Crippen molar-refractivity contribution < 1.29 is 9.84 Å². The van der Waals surface area contributed by atoms with Crippen molar-refractivity contribution in [2.75, 3.05) is 13.7 Å². The fourth-order valence-electron chi connectivity index (χ4n) is 1.59. The van der Waals surface area contributed by atoms with Crippen LogP contribution in [0, 0.1) is 0 Å². The number of nitrogens with zero attached hydrogens (tertiary/aromatic N) is 2. The third kappa shape index (κ3) is 3.64. The predicted molar refractivity (Wildman–Crippen MR) is 58.6 cm³/mol. The number of methoxy groups -OCH3 is 1. The first-order valence-corrected chi connectivity index (χ1v) is 5.48. The minimum absolute atomic E-state index is 0.422. The number of aromatic nitrogens is 2. The average molecular weight is 212 g/mol. The largest absolute Gasteiger partial charge is 0.387 e. The molecule has 0 spiro atoms. The standard InChI is InChI=1S/C11H20N2O2/c1-3-8-13-10(6-7-12-13)11(14)5-4-9-15-2/h6-7,11,14H,3-5,8-9H2,1-2H3. The van der Waals surface area contributed by atoms with E-state index in [1.165, 1.54) is 0 Å². The summed E-state index contributed by atoms with van der Waals surface area (Å²) < 4.78 is 6.83. The summed E-state index contributed by atoms with van der Waals surface area (Å²) in [4.78, 5) is 0. The van der Waals surface area contributed by atoms with Gasteiger partial charge < -0.3 is 9.84 Å². The van der Waals surface area contributed by atoms with E-state index in [0.29, 0.717) is 6.61 Å². The van der Waals surface area contributed by atoms with Crippen molar-refractivity contribution in [1.29, 1.82) is 0 Å². The second-order valence-corrected chi connectivity index (χ2v) is 3.63. The van der Waals surface area contributed by atoms with Crippen LogP contribution in [-0.4, -0.2) is 28.6 Å². The van der Waals surface area contributed by atoms with Gasteiger partial charge in [-0.3, -0.25) is 4.68 Å². The molecule has 1 aromatic heterocycles. The van der Waals surface area contributed by atoms with Gasteiger partial charge in [0.05, 0.1) is 11.8 Å². The van der Waals surface area contributed by atoms with E-state index < -0.39 is 6.10 Å². The van der Waals surface area contributed by atoms with Gasteiger partial charge in [-0.05, 0) is 25.3 Å². The van der Waals surface area contributed by atoms with Crippen LogP contribution in [0.5, 0.6) is 0 Å². The van der Waals surface area contributed by atoms with E-state index in [-0.39, 0.29) is 0 Å². The number of aryl methyl sites for hydroxylation is 1. The first-order chi connectivity index (χ1) is 7.29. The molecule has 0 radical (unpaired) electrons. The Morgan fingerprint density at radius 1 is 1.60 bits per heavy atom. The summed E-state index contributed by atoms with van der Waals surface area (Å²) >= 11 is 0. The van der Waals surface area contributed by atoms with E-state index in [2.05, 4.69) is 12.0 Å². The number of ether oxygens (including phenoxy) is 1. The minimum atomic E-state index is -0.422. The van der Waals surface area contributed by atoms with Gasteiger partial charge in [-0.1, -0.05) is 6.92 Å². The highest BCUT2D eigenvalue weighted by Gasteiger charge is 2.11. The molecular weight excluding hydrogens is 192 g/mol. The normalized spacial score (nSPS) is 13.0. The Hall–Kier alpha value is -0.870. The van der Waals surface area contributed by atoms with Gasteiger partial charge in [0, 0.05) is 26.5 Å². The van der Waals surface area contributed by atoms with Crippen LogP contribution in [0.4, 0.5) is 0 Å². The maximum Gasteiger partial charge on any atom is 0.0957 e. The Morgan fingerprint density at radius 2 is 2.40 bits per heavy atom. The lowest BCUT2D eigenvalue weighted by Gasteiger charge is -2.12. The summed E-state index contributed by atoms with van der Waals surface area (Å²) in [7, 11) is 1.67. The minimum Gasteiger partial charge on any atom is -0.387 e. The van der Waals surface area contributed by atoms with E-state index in [1.807, 2.05) is 10.7 Å². The summed E-state index contributed by atoms with van der Waals surface area (Å²) in [5.74, 6) is 0. The van der Waals surface area contributed by atoms with Crippen LogP contribution in [-0.2, 0) is 11.3 Å². The SMILES string of the molecule is CCCn1nccc1C(O)CCCOC. The van der Waals surface area contributed by atoms with Crippen molar-refractivity contribution in [2.45, 2.75) is 38.8 Å². The van der Waals surface area contributed by atoms with Crippen LogP contribution in [0.25, 0.3) is 0 Å².